The Labute approximate surface area is 168 Å². The number of hydrogen-bond acceptors (Lipinski definition) is 2. The van der Waals surface area contributed by atoms with E-state index in [4.69, 9.17) is 4.74 Å². The summed E-state index contributed by atoms with van der Waals surface area (Å²) in [6, 6.07) is 27.6. The molecule has 1 aliphatic rings. The zero-order valence-corrected chi connectivity index (χ0v) is 16.3. The molecule has 3 aromatic rings. The Bertz CT molecular complexity index is 850. The monoisotopic (exact) mass is 379 g/mol. The molecular formula is C24H26ClNO. The summed E-state index contributed by atoms with van der Waals surface area (Å²) < 4.78 is 6.13. The van der Waals surface area contributed by atoms with Crippen molar-refractivity contribution >= 4 is 12.4 Å². The van der Waals surface area contributed by atoms with Crippen LogP contribution < -0.4 is 4.74 Å². The van der Waals surface area contributed by atoms with E-state index >= 15 is 0 Å². The Morgan fingerprint density at radius 1 is 0.778 bits per heavy atom. The number of benzene rings is 3. The standard InChI is InChI=1S/C24H25NO.ClH/c1-2-10-21(11-3-1)23-13-6-7-14-24(23)26-18-8-16-25-17-15-20-9-4-5-12-22(20)19-25;/h1-7,9-14H,8,15-19H2;1H. The Morgan fingerprint density at radius 3 is 2.33 bits per heavy atom. The van der Waals surface area contributed by atoms with Crippen LogP contribution in [0.25, 0.3) is 11.1 Å². The van der Waals surface area contributed by atoms with Crippen LogP contribution in [-0.4, -0.2) is 24.6 Å². The molecule has 0 saturated carbocycles. The molecule has 3 aromatic carbocycles. The van der Waals surface area contributed by atoms with Gasteiger partial charge in [0.2, 0.25) is 0 Å². The SMILES string of the molecule is Cl.c1ccc(-c2ccccc2OCCCN2CCc3ccccc3C2)cc1. The van der Waals surface area contributed by atoms with Gasteiger partial charge in [0.15, 0.2) is 0 Å². The molecule has 1 heterocycles. The van der Waals surface area contributed by atoms with Gasteiger partial charge in [-0.15, -0.1) is 12.4 Å². The highest BCUT2D eigenvalue weighted by Gasteiger charge is 2.15. The van der Waals surface area contributed by atoms with Crippen LogP contribution in [0.5, 0.6) is 5.75 Å². The summed E-state index contributed by atoms with van der Waals surface area (Å²) in [6.07, 6.45) is 2.21. The highest BCUT2D eigenvalue weighted by molar-refractivity contribution is 5.85. The van der Waals surface area contributed by atoms with E-state index in [1.807, 2.05) is 12.1 Å². The van der Waals surface area contributed by atoms with Crippen molar-refractivity contribution in [3.63, 3.8) is 0 Å². The van der Waals surface area contributed by atoms with E-state index in [-0.39, 0.29) is 12.4 Å². The minimum atomic E-state index is 0. The lowest BCUT2D eigenvalue weighted by atomic mass is 10.00. The van der Waals surface area contributed by atoms with E-state index in [1.54, 1.807) is 0 Å². The molecule has 0 radical (unpaired) electrons. The van der Waals surface area contributed by atoms with Crippen LogP contribution in [0.3, 0.4) is 0 Å². The third kappa shape index (κ3) is 4.91. The van der Waals surface area contributed by atoms with Gasteiger partial charge in [0.05, 0.1) is 6.61 Å². The zero-order valence-electron chi connectivity index (χ0n) is 15.5. The third-order valence-corrected chi connectivity index (χ3v) is 5.06. The Hall–Kier alpha value is -2.29. The van der Waals surface area contributed by atoms with E-state index < -0.39 is 0 Å². The van der Waals surface area contributed by atoms with Gasteiger partial charge >= 0.3 is 0 Å². The largest absolute Gasteiger partial charge is 0.493 e. The van der Waals surface area contributed by atoms with E-state index in [2.05, 4.69) is 71.6 Å². The van der Waals surface area contributed by atoms with Crippen molar-refractivity contribution in [3.05, 3.63) is 90.0 Å². The molecule has 4 rings (SSSR count). The van der Waals surface area contributed by atoms with Crippen molar-refractivity contribution in [2.75, 3.05) is 19.7 Å². The number of fused-ring (bicyclic) bond motifs is 1. The average Bonchev–Trinajstić information content (AvgIpc) is 2.72. The van der Waals surface area contributed by atoms with Crippen LogP contribution in [0.15, 0.2) is 78.9 Å². The van der Waals surface area contributed by atoms with Gasteiger partial charge in [0.1, 0.15) is 5.75 Å². The molecule has 3 heteroatoms. The lowest BCUT2D eigenvalue weighted by Gasteiger charge is -2.28. The van der Waals surface area contributed by atoms with Crippen LogP contribution in [-0.2, 0) is 13.0 Å². The van der Waals surface area contributed by atoms with Gasteiger partial charge in [-0.1, -0.05) is 72.8 Å². The fraction of sp³-hybridized carbons (Fsp3) is 0.250. The molecule has 0 unspecified atom stereocenters. The molecule has 27 heavy (non-hydrogen) atoms. The lowest BCUT2D eigenvalue weighted by molar-refractivity contribution is 0.221. The topological polar surface area (TPSA) is 12.5 Å². The second-order valence-corrected chi connectivity index (χ2v) is 6.86. The molecule has 0 aromatic heterocycles. The molecule has 0 spiro atoms. The van der Waals surface area contributed by atoms with Gasteiger partial charge in [0, 0.05) is 25.2 Å². The number of rotatable bonds is 6. The van der Waals surface area contributed by atoms with Crippen molar-refractivity contribution in [2.24, 2.45) is 0 Å². The average molecular weight is 380 g/mol. The Morgan fingerprint density at radius 2 is 1.48 bits per heavy atom. The predicted molar refractivity (Wildman–Crippen MR) is 115 cm³/mol. The molecule has 0 atom stereocenters. The van der Waals surface area contributed by atoms with E-state index in [9.17, 15) is 0 Å². The van der Waals surface area contributed by atoms with Gasteiger partial charge in [-0.05, 0) is 35.6 Å². The van der Waals surface area contributed by atoms with Gasteiger partial charge in [-0.2, -0.15) is 0 Å². The van der Waals surface area contributed by atoms with Gasteiger partial charge < -0.3 is 4.74 Å². The maximum absolute atomic E-state index is 6.13. The lowest BCUT2D eigenvalue weighted by Crippen LogP contribution is -2.31. The first-order chi connectivity index (χ1) is 12.9. The predicted octanol–water partition coefficient (Wildman–Crippen LogP) is 5.60. The second-order valence-electron chi connectivity index (χ2n) is 6.86. The first kappa shape index (κ1) is 19.5. The molecular weight excluding hydrogens is 354 g/mol. The van der Waals surface area contributed by atoms with E-state index in [0.717, 1.165) is 44.8 Å². The normalized spacial score (nSPS) is 13.5. The highest BCUT2D eigenvalue weighted by Crippen LogP contribution is 2.29. The minimum Gasteiger partial charge on any atom is -0.493 e. The minimum absolute atomic E-state index is 0. The smallest absolute Gasteiger partial charge is 0.127 e. The number of nitrogens with zero attached hydrogens (tertiary/aromatic N) is 1. The van der Waals surface area contributed by atoms with Crippen LogP contribution in [0.4, 0.5) is 0 Å². The molecule has 1 aliphatic heterocycles. The summed E-state index contributed by atoms with van der Waals surface area (Å²) >= 11 is 0. The number of para-hydroxylation sites is 1. The molecule has 0 N–H and O–H groups in total. The van der Waals surface area contributed by atoms with E-state index in [0.29, 0.717) is 0 Å². The van der Waals surface area contributed by atoms with Crippen molar-refractivity contribution < 1.29 is 4.74 Å². The first-order valence-electron chi connectivity index (χ1n) is 9.46. The van der Waals surface area contributed by atoms with Crippen LogP contribution in [0.1, 0.15) is 17.5 Å². The van der Waals surface area contributed by atoms with Gasteiger partial charge in [-0.3, -0.25) is 4.90 Å². The maximum Gasteiger partial charge on any atom is 0.127 e. The van der Waals surface area contributed by atoms with Crippen molar-refractivity contribution in [1.82, 2.24) is 4.90 Å². The fourth-order valence-corrected chi connectivity index (χ4v) is 3.66. The summed E-state index contributed by atoms with van der Waals surface area (Å²) in [5.74, 6) is 0.975. The van der Waals surface area contributed by atoms with Crippen molar-refractivity contribution in [2.45, 2.75) is 19.4 Å². The second kappa shape index (κ2) is 9.59. The Balaban J connectivity index is 0.00000210. The first-order valence-corrected chi connectivity index (χ1v) is 9.46. The quantitative estimate of drug-likeness (QED) is 0.516. The van der Waals surface area contributed by atoms with E-state index in [1.165, 1.54) is 22.3 Å². The molecule has 0 aliphatic carbocycles. The fourth-order valence-electron chi connectivity index (χ4n) is 3.66. The maximum atomic E-state index is 6.13. The molecule has 140 valence electrons. The highest BCUT2D eigenvalue weighted by atomic mass is 35.5. The van der Waals surface area contributed by atoms with Gasteiger partial charge in [-0.25, -0.2) is 0 Å². The summed E-state index contributed by atoms with van der Waals surface area (Å²) in [4.78, 5) is 2.54. The zero-order chi connectivity index (χ0) is 17.6. The van der Waals surface area contributed by atoms with Crippen molar-refractivity contribution in [1.29, 1.82) is 0 Å². The molecule has 0 saturated heterocycles. The summed E-state index contributed by atoms with van der Waals surface area (Å²) in [7, 11) is 0. The number of halogens is 1. The van der Waals surface area contributed by atoms with Crippen LogP contribution >= 0.6 is 12.4 Å². The molecule has 0 bridgehead atoms. The van der Waals surface area contributed by atoms with Crippen molar-refractivity contribution in [3.8, 4) is 16.9 Å². The van der Waals surface area contributed by atoms with Crippen LogP contribution in [0.2, 0.25) is 0 Å². The molecule has 2 nitrogen and oxygen atoms in total. The number of ether oxygens (including phenoxy) is 1. The molecule has 0 fully saturated rings. The summed E-state index contributed by atoms with van der Waals surface area (Å²) in [6.45, 7) is 4.05. The Kier molecular flexibility index (Phi) is 6.92. The van der Waals surface area contributed by atoms with Gasteiger partial charge in [0.25, 0.3) is 0 Å². The molecule has 0 amide bonds. The summed E-state index contributed by atoms with van der Waals surface area (Å²) in [5, 5.41) is 0. The third-order valence-electron chi connectivity index (χ3n) is 5.06. The summed E-state index contributed by atoms with van der Waals surface area (Å²) in [5.41, 5.74) is 5.36. The van der Waals surface area contributed by atoms with Crippen LogP contribution in [0, 0.1) is 0 Å². The number of hydrogen-bond donors (Lipinski definition) is 0.